The Hall–Kier alpha value is -0.860. The van der Waals surface area contributed by atoms with Crippen molar-refractivity contribution in [2.24, 2.45) is 5.41 Å². The molecule has 1 aliphatic rings. The molecule has 1 rings (SSSR count). The Balaban J connectivity index is 2.43. The molecule has 3 heteroatoms. The highest BCUT2D eigenvalue weighted by Gasteiger charge is 2.37. The summed E-state index contributed by atoms with van der Waals surface area (Å²) in [6.45, 7) is 1.95. The largest absolute Gasteiger partial charge is 0.469 e. The molecule has 0 aromatic carbocycles. The summed E-state index contributed by atoms with van der Waals surface area (Å²) < 4.78 is 4.54. The number of carbonyl (C=O) groups is 2. The van der Waals surface area contributed by atoms with Crippen molar-refractivity contribution < 1.29 is 14.3 Å². The summed E-state index contributed by atoms with van der Waals surface area (Å²) in [5, 5.41) is 0. The van der Waals surface area contributed by atoms with Crippen LogP contribution in [-0.2, 0) is 14.3 Å². The quantitative estimate of drug-likeness (QED) is 0.627. The van der Waals surface area contributed by atoms with E-state index in [1.807, 2.05) is 6.92 Å². The highest BCUT2D eigenvalue weighted by Crippen LogP contribution is 2.38. The molecule has 74 valence electrons. The van der Waals surface area contributed by atoms with Crippen molar-refractivity contribution in [1.82, 2.24) is 0 Å². The average Bonchev–Trinajstić information content (AvgIpc) is 2.44. The molecule has 0 heterocycles. The van der Waals surface area contributed by atoms with Gasteiger partial charge in [-0.2, -0.15) is 0 Å². The van der Waals surface area contributed by atoms with Crippen molar-refractivity contribution in [3.8, 4) is 0 Å². The Labute approximate surface area is 78.5 Å². The van der Waals surface area contributed by atoms with E-state index in [0.717, 1.165) is 12.8 Å². The van der Waals surface area contributed by atoms with E-state index in [4.69, 9.17) is 0 Å². The van der Waals surface area contributed by atoms with Crippen LogP contribution in [0.15, 0.2) is 0 Å². The van der Waals surface area contributed by atoms with Gasteiger partial charge in [0.2, 0.25) is 0 Å². The number of methoxy groups -OCH3 is 1. The second-order valence-electron chi connectivity index (χ2n) is 3.91. The van der Waals surface area contributed by atoms with Gasteiger partial charge in [-0.15, -0.1) is 0 Å². The lowest BCUT2D eigenvalue weighted by molar-refractivity contribution is -0.141. The second-order valence-corrected chi connectivity index (χ2v) is 3.91. The fourth-order valence-corrected chi connectivity index (χ4v) is 1.82. The molecule has 0 aliphatic heterocycles. The first-order valence-corrected chi connectivity index (χ1v) is 4.68. The summed E-state index contributed by atoms with van der Waals surface area (Å²) in [6.07, 6.45) is 3.56. The summed E-state index contributed by atoms with van der Waals surface area (Å²) in [5.41, 5.74) is -0.256. The van der Waals surface area contributed by atoms with Crippen LogP contribution in [0.25, 0.3) is 0 Å². The third-order valence-corrected chi connectivity index (χ3v) is 2.91. The van der Waals surface area contributed by atoms with Gasteiger partial charge < -0.3 is 4.74 Å². The number of carbonyl (C=O) groups excluding carboxylic acids is 2. The number of ketones is 1. The zero-order valence-electron chi connectivity index (χ0n) is 8.26. The van der Waals surface area contributed by atoms with Gasteiger partial charge in [0.05, 0.1) is 7.11 Å². The minimum absolute atomic E-state index is 0.221. The van der Waals surface area contributed by atoms with E-state index in [2.05, 4.69) is 4.74 Å². The third kappa shape index (κ3) is 2.29. The normalized spacial score (nSPS) is 27.7. The maximum atomic E-state index is 11.4. The third-order valence-electron chi connectivity index (χ3n) is 2.91. The number of hydrogen-bond acceptors (Lipinski definition) is 3. The molecule has 0 radical (unpaired) electrons. The predicted octanol–water partition coefficient (Wildman–Crippen LogP) is 1.70. The molecule has 1 saturated carbocycles. The Bertz CT molecular complexity index is 222. The highest BCUT2D eigenvalue weighted by atomic mass is 16.5. The number of ether oxygens (including phenoxy) is 1. The Morgan fingerprint density at radius 3 is 2.77 bits per heavy atom. The van der Waals surface area contributed by atoms with Gasteiger partial charge in [0.1, 0.15) is 5.78 Å². The summed E-state index contributed by atoms with van der Waals surface area (Å²) in [4.78, 5) is 22.3. The first kappa shape index (κ1) is 10.2. The van der Waals surface area contributed by atoms with Crippen LogP contribution in [0.1, 0.15) is 39.0 Å². The first-order chi connectivity index (χ1) is 6.08. The summed E-state index contributed by atoms with van der Waals surface area (Å²) in [5.74, 6) is 0.0809. The van der Waals surface area contributed by atoms with Crippen LogP contribution in [0.2, 0.25) is 0 Å². The van der Waals surface area contributed by atoms with Crippen LogP contribution in [0.5, 0.6) is 0 Å². The van der Waals surface area contributed by atoms with E-state index in [1.165, 1.54) is 7.11 Å². The lowest BCUT2D eigenvalue weighted by atomic mass is 9.83. The van der Waals surface area contributed by atoms with Crippen LogP contribution in [0.4, 0.5) is 0 Å². The van der Waals surface area contributed by atoms with E-state index in [0.29, 0.717) is 25.0 Å². The molecular formula is C10H16O3. The van der Waals surface area contributed by atoms with Crippen molar-refractivity contribution in [1.29, 1.82) is 0 Å². The predicted molar refractivity (Wildman–Crippen MR) is 48.2 cm³/mol. The van der Waals surface area contributed by atoms with Gasteiger partial charge in [-0.3, -0.25) is 9.59 Å². The van der Waals surface area contributed by atoms with Gasteiger partial charge >= 0.3 is 5.97 Å². The van der Waals surface area contributed by atoms with Crippen molar-refractivity contribution in [3.05, 3.63) is 0 Å². The minimum atomic E-state index is -0.256. The molecule has 0 spiro atoms. The van der Waals surface area contributed by atoms with Gasteiger partial charge in [0, 0.05) is 18.3 Å². The van der Waals surface area contributed by atoms with E-state index >= 15 is 0 Å². The van der Waals surface area contributed by atoms with E-state index in [1.54, 1.807) is 0 Å². The maximum absolute atomic E-state index is 11.4. The highest BCUT2D eigenvalue weighted by molar-refractivity contribution is 5.86. The van der Waals surface area contributed by atoms with Crippen LogP contribution >= 0.6 is 0 Å². The number of rotatable bonds is 3. The molecule has 0 aromatic heterocycles. The standard InChI is InChI=1S/C10H16O3/c1-10(6-3-4-8(10)11)7-5-9(12)13-2/h3-7H2,1-2H3/t10-/m0/s1. The zero-order chi connectivity index (χ0) is 9.90. The molecule has 0 bridgehead atoms. The number of Topliss-reactive ketones (excluding diaryl/α,β-unsaturated/α-hetero) is 1. The minimum Gasteiger partial charge on any atom is -0.469 e. The number of hydrogen-bond donors (Lipinski definition) is 0. The van der Waals surface area contributed by atoms with Crippen molar-refractivity contribution in [3.63, 3.8) is 0 Å². The molecule has 1 fully saturated rings. The van der Waals surface area contributed by atoms with Gasteiger partial charge in [-0.05, 0) is 19.3 Å². The van der Waals surface area contributed by atoms with E-state index in [-0.39, 0.29) is 11.4 Å². The molecule has 3 nitrogen and oxygen atoms in total. The van der Waals surface area contributed by atoms with Crippen molar-refractivity contribution in [2.75, 3.05) is 7.11 Å². The molecule has 1 aliphatic carbocycles. The van der Waals surface area contributed by atoms with Crippen molar-refractivity contribution >= 4 is 11.8 Å². The Morgan fingerprint density at radius 1 is 1.62 bits per heavy atom. The van der Waals surface area contributed by atoms with E-state index < -0.39 is 0 Å². The van der Waals surface area contributed by atoms with Gasteiger partial charge in [0.15, 0.2) is 0 Å². The van der Waals surface area contributed by atoms with Gasteiger partial charge in [0.25, 0.3) is 0 Å². The topological polar surface area (TPSA) is 43.4 Å². The lowest BCUT2D eigenvalue weighted by Gasteiger charge is -2.20. The van der Waals surface area contributed by atoms with Crippen LogP contribution in [0.3, 0.4) is 0 Å². The fraction of sp³-hybridized carbons (Fsp3) is 0.800. The molecule has 0 saturated heterocycles. The number of esters is 1. The lowest BCUT2D eigenvalue weighted by Crippen LogP contribution is -2.22. The summed E-state index contributed by atoms with van der Waals surface area (Å²) in [6, 6.07) is 0. The Morgan fingerprint density at radius 2 is 2.31 bits per heavy atom. The molecular weight excluding hydrogens is 168 g/mol. The summed E-state index contributed by atoms with van der Waals surface area (Å²) in [7, 11) is 1.38. The monoisotopic (exact) mass is 184 g/mol. The molecule has 1 atom stereocenters. The SMILES string of the molecule is COC(=O)CC[C@]1(C)CCCC1=O. The smallest absolute Gasteiger partial charge is 0.305 e. The molecule has 0 aromatic rings. The summed E-state index contributed by atoms with van der Waals surface area (Å²) >= 11 is 0. The fourth-order valence-electron chi connectivity index (χ4n) is 1.82. The molecule has 13 heavy (non-hydrogen) atoms. The van der Waals surface area contributed by atoms with E-state index in [9.17, 15) is 9.59 Å². The van der Waals surface area contributed by atoms with Gasteiger partial charge in [-0.1, -0.05) is 6.92 Å². The van der Waals surface area contributed by atoms with Crippen molar-refractivity contribution in [2.45, 2.75) is 39.0 Å². The zero-order valence-corrected chi connectivity index (χ0v) is 8.26. The first-order valence-electron chi connectivity index (χ1n) is 4.68. The molecule has 0 unspecified atom stereocenters. The molecule has 0 N–H and O–H groups in total. The second kappa shape index (κ2) is 3.90. The van der Waals surface area contributed by atoms with Crippen LogP contribution in [-0.4, -0.2) is 18.9 Å². The van der Waals surface area contributed by atoms with Gasteiger partial charge in [-0.25, -0.2) is 0 Å². The Kier molecular flexibility index (Phi) is 3.07. The van der Waals surface area contributed by atoms with Crippen LogP contribution < -0.4 is 0 Å². The van der Waals surface area contributed by atoms with Crippen LogP contribution in [0, 0.1) is 5.41 Å². The maximum Gasteiger partial charge on any atom is 0.305 e. The molecule has 0 amide bonds. The average molecular weight is 184 g/mol.